The van der Waals surface area contributed by atoms with Gasteiger partial charge in [0.15, 0.2) is 0 Å². The van der Waals surface area contributed by atoms with Crippen LogP contribution in [0.3, 0.4) is 0 Å². The van der Waals surface area contributed by atoms with Crippen LogP contribution in [0.4, 0.5) is 5.69 Å². The summed E-state index contributed by atoms with van der Waals surface area (Å²) in [5.74, 6) is 0.927. The van der Waals surface area contributed by atoms with Crippen LogP contribution in [0.5, 0.6) is 5.75 Å². The normalized spacial score (nSPS) is 10.2. The molecule has 0 aromatic heterocycles. The van der Waals surface area contributed by atoms with E-state index >= 15 is 0 Å². The lowest BCUT2D eigenvalue weighted by Crippen LogP contribution is -2.11. The van der Waals surface area contributed by atoms with Crippen molar-refractivity contribution < 1.29 is 4.74 Å². The molecule has 0 aliphatic heterocycles. The van der Waals surface area contributed by atoms with Crippen LogP contribution in [0.25, 0.3) is 0 Å². The number of hydrogen-bond donors (Lipinski definition) is 1. The molecule has 1 N–H and O–H groups in total. The van der Waals surface area contributed by atoms with Gasteiger partial charge in [-0.3, -0.25) is 0 Å². The van der Waals surface area contributed by atoms with Crippen LogP contribution in [-0.2, 0) is 0 Å². The quantitative estimate of drug-likeness (QED) is 0.623. The topological polar surface area (TPSA) is 21.3 Å². The van der Waals surface area contributed by atoms with Crippen LogP contribution in [0, 0.1) is 0 Å². The molecular formula is C15H16ClNOS. The second-order valence-electron chi connectivity index (χ2n) is 3.91. The fourth-order valence-electron chi connectivity index (χ4n) is 1.69. The van der Waals surface area contributed by atoms with Crippen LogP contribution in [0.15, 0.2) is 53.4 Å². The van der Waals surface area contributed by atoms with E-state index in [4.69, 9.17) is 16.3 Å². The van der Waals surface area contributed by atoms with Crippen LogP contribution in [0.1, 0.15) is 0 Å². The fourth-order valence-corrected chi connectivity index (χ4v) is 2.43. The lowest BCUT2D eigenvalue weighted by molar-refractivity contribution is 0.325. The predicted octanol–water partition coefficient (Wildman–Crippen LogP) is 4.55. The molecule has 0 bridgehead atoms. The Hall–Kier alpha value is -1.32. The summed E-state index contributed by atoms with van der Waals surface area (Å²) >= 11 is 7.75. The van der Waals surface area contributed by atoms with E-state index in [1.807, 2.05) is 48.7 Å². The Morgan fingerprint density at radius 2 is 1.84 bits per heavy atom. The molecule has 0 unspecified atom stereocenters. The summed E-state index contributed by atoms with van der Waals surface area (Å²) in [6.45, 7) is 1.31. The maximum absolute atomic E-state index is 6.06. The minimum absolute atomic E-state index is 0.600. The number of rotatable bonds is 6. The highest BCUT2D eigenvalue weighted by atomic mass is 35.5. The third-order valence-electron chi connectivity index (χ3n) is 2.62. The largest absolute Gasteiger partial charge is 0.491 e. The molecular weight excluding hydrogens is 278 g/mol. The van der Waals surface area contributed by atoms with Crippen LogP contribution in [-0.4, -0.2) is 19.4 Å². The van der Waals surface area contributed by atoms with Gasteiger partial charge in [0.25, 0.3) is 0 Å². The Balaban J connectivity index is 1.83. The van der Waals surface area contributed by atoms with Crippen molar-refractivity contribution in [3.8, 4) is 5.75 Å². The number of anilines is 1. The number of halogens is 1. The number of nitrogens with one attached hydrogen (secondary N) is 1. The summed E-state index contributed by atoms with van der Waals surface area (Å²) in [6, 6.07) is 15.7. The number of para-hydroxylation sites is 2. The number of thioether (sulfide) groups is 1. The molecule has 0 fully saturated rings. The lowest BCUT2D eigenvalue weighted by atomic mass is 10.3. The molecule has 0 saturated carbocycles. The number of hydrogen-bond acceptors (Lipinski definition) is 3. The Kier molecular flexibility index (Phi) is 5.43. The summed E-state index contributed by atoms with van der Waals surface area (Å²) in [5, 5.41) is 3.99. The van der Waals surface area contributed by atoms with Crippen molar-refractivity contribution in [2.24, 2.45) is 0 Å². The van der Waals surface area contributed by atoms with E-state index in [0.29, 0.717) is 13.2 Å². The van der Waals surface area contributed by atoms with E-state index < -0.39 is 0 Å². The molecule has 2 aromatic rings. The standard InChI is InChI=1S/C15H16ClNOS/c1-19-15-9-5-4-8-14(15)18-11-10-17-13-7-3-2-6-12(13)16/h2-9,17H,10-11H2,1H3. The minimum Gasteiger partial charge on any atom is -0.491 e. The van der Waals surface area contributed by atoms with Gasteiger partial charge in [0.05, 0.1) is 10.7 Å². The van der Waals surface area contributed by atoms with Crippen molar-refractivity contribution in [2.45, 2.75) is 4.90 Å². The molecule has 0 saturated heterocycles. The zero-order valence-electron chi connectivity index (χ0n) is 10.7. The van der Waals surface area contributed by atoms with Crippen molar-refractivity contribution >= 4 is 29.1 Å². The summed E-state index contributed by atoms with van der Waals surface area (Å²) < 4.78 is 5.76. The Bertz CT molecular complexity index is 533. The van der Waals surface area contributed by atoms with Gasteiger partial charge in [-0.25, -0.2) is 0 Å². The molecule has 0 aliphatic carbocycles. The summed E-state index contributed by atoms with van der Waals surface area (Å²) in [5.41, 5.74) is 0.936. The second kappa shape index (κ2) is 7.31. The van der Waals surface area contributed by atoms with Gasteiger partial charge in [0, 0.05) is 11.4 Å². The maximum Gasteiger partial charge on any atom is 0.132 e. The van der Waals surface area contributed by atoms with Crippen LogP contribution >= 0.6 is 23.4 Å². The first kappa shape index (κ1) is 14.1. The first-order valence-electron chi connectivity index (χ1n) is 6.05. The van der Waals surface area contributed by atoms with Gasteiger partial charge in [-0.15, -0.1) is 11.8 Å². The first-order chi connectivity index (χ1) is 9.31. The molecule has 4 heteroatoms. The van der Waals surface area contributed by atoms with Gasteiger partial charge in [0.2, 0.25) is 0 Å². The first-order valence-corrected chi connectivity index (χ1v) is 7.66. The van der Waals surface area contributed by atoms with Crippen molar-refractivity contribution in [3.63, 3.8) is 0 Å². The molecule has 2 aromatic carbocycles. The van der Waals surface area contributed by atoms with E-state index in [1.165, 1.54) is 0 Å². The molecule has 0 heterocycles. The van der Waals surface area contributed by atoms with E-state index in [0.717, 1.165) is 21.4 Å². The van der Waals surface area contributed by atoms with E-state index in [2.05, 4.69) is 11.4 Å². The van der Waals surface area contributed by atoms with Gasteiger partial charge in [-0.05, 0) is 30.5 Å². The molecule has 100 valence electrons. The molecule has 0 radical (unpaired) electrons. The molecule has 0 aliphatic rings. The van der Waals surface area contributed by atoms with Crippen molar-refractivity contribution in [1.29, 1.82) is 0 Å². The number of ether oxygens (including phenoxy) is 1. The zero-order valence-corrected chi connectivity index (χ0v) is 12.3. The van der Waals surface area contributed by atoms with Crippen molar-refractivity contribution in [3.05, 3.63) is 53.6 Å². The third kappa shape index (κ3) is 4.08. The highest BCUT2D eigenvalue weighted by Gasteiger charge is 2.01. The molecule has 2 nitrogen and oxygen atoms in total. The fraction of sp³-hybridized carbons (Fsp3) is 0.200. The van der Waals surface area contributed by atoms with Gasteiger partial charge in [-0.2, -0.15) is 0 Å². The predicted molar refractivity (Wildman–Crippen MR) is 83.7 cm³/mol. The lowest BCUT2D eigenvalue weighted by Gasteiger charge is -2.11. The summed E-state index contributed by atoms with van der Waals surface area (Å²) in [7, 11) is 0. The van der Waals surface area contributed by atoms with Gasteiger partial charge >= 0.3 is 0 Å². The Morgan fingerprint density at radius 3 is 2.63 bits per heavy atom. The van der Waals surface area contributed by atoms with Crippen molar-refractivity contribution in [2.75, 3.05) is 24.7 Å². The van der Waals surface area contributed by atoms with Crippen LogP contribution in [0.2, 0.25) is 5.02 Å². The highest BCUT2D eigenvalue weighted by molar-refractivity contribution is 7.98. The second-order valence-corrected chi connectivity index (χ2v) is 5.16. The van der Waals surface area contributed by atoms with Crippen molar-refractivity contribution in [1.82, 2.24) is 0 Å². The van der Waals surface area contributed by atoms with E-state index in [9.17, 15) is 0 Å². The molecule has 0 atom stereocenters. The minimum atomic E-state index is 0.600. The third-order valence-corrected chi connectivity index (χ3v) is 3.72. The average molecular weight is 294 g/mol. The van der Waals surface area contributed by atoms with E-state index in [-0.39, 0.29) is 0 Å². The van der Waals surface area contributed by atoms with Crippen LogP contribution < -0.4 is 10.1 Å². The Morgan fingerprint density at radius 1 is 1.11 bits per heavy atom. The SMILES string of the molecule is CSc1ccccc1OCCNc1ccccc1Cl. The van der Waals surface area contributed by atoms with Gasteiger partial charge in [-0.1, -0.05) is 35.9 Å². The highest BCUT2D eigenvalue weighted by Crippen LogP contribution is 2.26. The smallest absolute Gasteiger partial charge is 0.132 e. The molecule has 0 spiro atoms. The molecule has 0 amide bonds. The number of benzene rings is 2. The average Bonchev–Trinajstić information content (AvgIpc) is 2.45. The monoisotopic (exact) mass is 293 g/mol. The summed E-state index contributed by atoms with van der Waals surface area (Å²) in [6.07, 6.45) is 2.05. The molecule has 2 rings (SSSR count). The van der Waals surface area contributed by atoms with E-state index in [1.54, 1.807) is 11.8 Å². The van der Waals surface area contributed by atoms with Gasteiger partial charge in [0.1, 0.15) is 12.4 Å². The zero-order chi connectivity index (χ0) is 13.5. The summed E-state index contributed by atoms with van der Waals surface area (Å²) in [4.78, 5) is 1.15. The van der Waals surface area contributed by atoms with Gasteiger partial charge < -0.3 is 10.1 Å². The maximum atomic E-state index is 6.06. The Labute approximate surface area is 123 Å². The molecule has 19 heavy (non-hydrogen) atoms.